The second kappa shape index (κ2) is 32.7. The number of nitrogens with zero attached hydrogens (tertiary/aromatic N) is 1. The lowest BCUT2D eigenvalue weighted by molar-refractivity contribution is -0.889. The topological polar surface area (TPSA) is 102 Å². The summed E-state index contributed by atoms with van der Waals surface area (Å²) in [5.41, 5.74) is 0. The zero-order valence-electron chi connectivity index (χ0n) is 31.8. The Balaban J connectivity index is 4.53. The average molecular weight is 698 g/mol. The van der Waals surface area contributed by atoms with Crippen molar-refractivity contribution in [1.82, 2.24) is 0 Å². The maximum atomic E-state index is 12.6. The number of aliphatic carboxylic acids is 1. The predicted octanol–water partition coefficient (Wildman–Crippen LogP) is 8.07. The molecule has 0 aromatic carbocycles. The van der Waals surface area contributed by atoms with Gasteiger partial charge in [0.2, 0.25) is 0 Å². The van der Waals surface area contributed by atoms with E-state index in [4.69, 9.17) is 14.2 Å². The Morgan fingerprint density at radius 1 is 0.620 bits per heavy atom. The number of quaternary nitrogens is 1. The van der Waals surface area contributed by atoms with Crippen LogP contribution in [0.25, 0.3) is 0 Å². The van der Waals surface area contributed by atoms with Gasteiger partial charge in [-0.3, -0.25) is 9.59 Å². The fraction of sp³-hybridized carbons (Fsp3) is 0.595. The van der Waals surface area contributed by atoms with Crippen molar-refractivity contribution in [3.05, 3.63) is 85.1 Å². The SMILES string of the molecule is CC/C=C/C=C/C=C/C=C/C=C/C=C/C=C/CCCCCC(=O)OC(COCCC(C(=O)[O-])[N+](C)(C)C)COC(=O)CCCCCCCCC. The lowest BCUT2D eigenvalue weighted by Gasteiger charge is -2.34. The molecular formula is C42H67NO7. The van der Waals surface area contributed by atoms with Crippen molar-refractivity contribution in [2.45, 2.75) is 122 Å². The number of carbonyl (C=O) groups excluding carboxylic acids is 3. The molecule has 0 aliphatic rings. The van der Waals surface area contributed by atoms with Crippen LogP contribution in [0.3, 0.4) is 0 Å². The van der Waals surface area contributed by atoms with E-state index in [2.05, 4.69) is 26.0 Å². The summed E-state index contributed by atoms with van der Waals surface area (Å²) in [7, 11) is 5.36. The summed E-state index contributed by atoms with van der Waals surface area (Å²) in [6.45, 7) is 4.38. The van der Waals surface area contributed by atoms with Gasteiger partial charge in [0.1, 0.15) is 12.6 Å². The van der Waals surface area contributed by atoms with Crippen LogP contribution in [0.15, 0.2) is 85.1 Å². The monoisotopic (exact) mass is 697 g/mol. The maximum absolute atomic E-state index is 12.6. The van der Waals surface area contributed by atoms with Gasteiger partial charge in [-0.25, -0.2) is 0 Å². The molecule has 0 aliphatic heterocycles. The van der Waals surface area contributed by atoms with Crippen LogP contribution >= 0.6 is 0 Å². The lowest BCUT2D eigenvalue weighted by Crippen LogP contribution is -2.55. The van der Waals surface area contributed by atoms with Crippen molar-refractivity contribution >= 4 is 17.9 Å². The Morgan fingerprint density at radius 2 is 1.12 bits per heavy atom. The molecule has 0 amide bonds. The normalized spacial score (nSPS) is 14.0. The molecule has 0 spiro atoms. The smallest absolute Gasteiger partial charge is 0.306 e. The fourth-order valence-electron chi connectivity index (χ4n) is 4.82. The van der Waals surface area contributed by atoms with E-state index in [-0.39, 0.29) is 49.1 Å². The quantitative estimate of drug-likeness (QED) is 0.0313. The maximum Gasteiger partial charge on any atom is 0.306 e. The van der Waals surface area contributed by atoms with E-state index in [9.17, 15) is 19.5 Å². The van der Waals surface area contributed by atoms with Crippen LogP contribution in [0.2, 0.25) is 0 Å². The van der Waals surface area contributed by atoms with E-state index in [1.807, 2.05) is 72.9 Å². The first-order chi connectivity index (χ1) is 24.1. The van der Waals surface area contributed by atoms with Crippen LogP contribution in [0.4, 0.5) is 0 Å². The highest BCUT2D eigenvalue weighted by atomic mass is 16.6. The van der Waals surface area contributed by atoms with Crippen molar-refractivity contribution in [2.24, 2.45) is 0 Å². The fourth-order valence-corrected chi connectivity index (χ4v) is 4.82. The standard InChI is InChI=1S/C42H67NO7/c1-6-8-10-12-14-15-16-17-18-19-20-21-22-23-24-25-27-29-31-33-41(45)50-38(36-48-35-34-39(42(46)47)43(3,4)5)37-49-40(44)32-30-28-26-13-11-9-7-2/h8,10,12,14-24,38-39H,6-7,9,11,13,25-37H2,1-5H3/b10-8+,14-12+,16-15+,18-17+,20-19+,22-21+,24-23+. The van der Waals surface area contributed by atoms with Crippen molar-refractivity contribution < 1.29 is 38.2 Å². The summed E-state index contributed by atoms with van der Waals surface area (Å²) < 4.78 is 17.0. The van der Waals surface area contributed by atoms with E-state index in [1.165, 1.54) is 25.7 Å². The first-order valence-corrected chi connectivity index (χ1v) is 18.7. The first kappa shape index (κ1) is 46.5. The van der Waals surface area contributed by atoms with E-state index >= 15 is 0 Å². The molecule has 0 bridgehead atoms. The van der Waals surface area contributed by atoms with Crippen LogP contribution < -0.4 is 5.11 Å². The molecule has 0 radical (unpaired) electrons. The van der Waals surface area contributed by atoms with Gasteiger partial charge in [-0.1, -0.05) is 144 Å². The molecule has 0 aliphatic carbocycles. The third kappa shape index (κ3) is 30.6. The minimum atomic E-state index is -1.14. The van der Waals surface area contributed by atoms with Crippen LogP contribution in [-0.2, 0) is 28.6 Å². The van der Waals surface area contributed by atoms with Crippen LogP contribution in [0, 0.1) is 0 Å². The van der Waals surface area contributed by atoms with Crippen molar-refractivity contribution in [2.75, 3.05) is 41.0 Å². The number of hydrogen-bond donors (Lipinski definition) is 0. The number of esters is 2. The number of carboxylic acid groups (broad SMARTS) is 1. The molecule has 2 atom stereocenters. The molecule has 50 heavy (non-hydrogen) atoms. The Hall–Kier alpha value is -3.49. The van der Waals surface area contributed by atoms with Crippen LogP contribution in [0.5, 0.6) is 0 Å². The highest BCUT2D eigenvalue weighted by Crippen LogP contribution is 2.11. The van der Waals surface area contributed by atoms with E-state index in [0.29, 0.717) is 12.8 Å². The number of carboxylic acids is 1. The van der Waals surface area contributed by atoms with Crippen LogP contribution in [0.1, 0.15) is 110 Å². The molecule has 0 N–H and O–H groups in total. The second-order valence-corrected chi connectivity index (χ2v) is 13.3. The highest BCUT2D eigenvalue weighted by Gasteiger charge is 2.25. The predicted molar refractivity (Wildman–Crippen MR) is 203 cm³/mol. The Morgan fingerprint density at radius 3 is 1.66 bits per heavy atom. The van der Waals surface area contributed by atoms with Gasteiger partial charge in [-0.15, -0.1) is 0 Å². The third-order valence-corrected chi connectivity index (χ3v) is 7.74. The summed E-state index contributed by atoms with van der Waals surface area (Å²) in [4.78, 5) is 36.5. The van der Waals surface area contributed by atoms with E-state index in [0.717, 1.165) is 44.9 Å². The van der Waals surface area contributed by atoms with Crippen molar-refractivity contribution in [1.29, 1.82) is 0 Å². The van der Waals surface area contributed by atoms with Gasteiger partial charge in [0.05, 0.1) is 40.3 Å². The number of ether oxygens (including phenoxy) is 3. The molecule has 2 unspecified atom stereocenters. The molecule has 0 heterocycles. The van der Waals surface area contributed by atoms with Gasteiger partial charge in [0.25, 0.3) is 0 Å². The average Bonchev–Trinajstić information content (AvgIpc) is 3.06. The minimum absolute atomic E-state index is 0.0169. The van der Waals surface area contributed by atoms with Gasteiger partial charge in [-0.05, 0) is 32.1 Å². The number of hydrogen-bond acceptors (Lipinski definition) is 7. The summed E-state index contributed by atoms with van der Waals surface area (Å²) in [6, 6.07) is -0.736. The van der Waals surface area contributed by atoms with E-state index < -0.39 is 18.1 Å². The van der Waals surface area contributed by atoms with Crippen molar-refractivity contribution in [3.8, 4) is 0 Å². The number of unbranched alkanes of at least 4 members (excludes halogenated alkanes) is 9. The molecule has 0 rings (SSSR count). The minimum Gasteiger partial charge on any atom is -0.544 e. The van der Waals surface area contributed by atoms with Crippen LogP contribution in [-0.4, -0.2) is 75.5 Å². The zero-order valence-corrected chi connectivity index (χ0v) is 31.8. The Bertz CT molecular complexity index is 1090. The molecule has 0 aromatic rings. The molecule has 8 heteroatoms. The summed E-state index contributed by atoms with van der Waals surface area (Å²) >= 11 is 0. The molecule has 282 valence electrons. The summed E-state index contributed by atoms with van der Waals surface area (Å²) in [5, 5.41) is 11.6. The number of rotatable bonds is 31. The molecule has 0 saturated heterocycles. The summed E-state index contributed by atoms with van der Waals surface area (Å²) in [5.74, 6) is -1.82. The second-order valence-electron chi connectivity index (χ2n) is 13.3. The zero-order chi connectivity index (χ0) is 37.1. The number of likely N-dealkylation sites (N-methyl/N-ethyl adjacent to an activating group) is 1. The molecule has 0 saturated carbocycles. The van der Waals surface area contributed by atoms with Gasteiger partial charge < -0.3 is 28.6 Å². The molecular weight excluding hydrogens is 630 g/mol. The van der Waals surface area contributed by atoms with Gasteiger partial charge >= 0.3 is 11.9 Å². The van der Waals surface area contributed by atoms with Gasteiger partial charge in [-0.2, -0.15) is 0 Å². The molecule has 8 nitrogen and oxygen atoms in total. The first-order valence-electron chi connectivity index (χ1n) is 18.7. The Kier molecular flexibility index (Phi) is 30.4. The van der Waals surface area contributed by atoms with Gasteiger partial charge in [0, 0.05) is 19.3 Å². The van der Waals surface area contributed by atoms with E-state index in [1.54, 1.807) is 21.1 Å². The highest BCUT2D eigenvalue weighted by molar-refractivity contribution is 5.70. The number of carbonyl (C=O) groups is 3. The third-order valence-electron chi connectivity index (χ3n) is 7.74. The van der Waals surface area contributed by atoms with Crippen molar-refractivity contribution in [3.63, 3.8) is 0 Å². The largest absolute Gasteiger partial charge is 0.544 e. The lowest BCUT2D eigenvalue weighted by atomic mass is 10.1. The number of allylic oxidation sites excluding steroid dienone is 14. The summed E-state index contributed by atoms with van der Waals surface area (Å²) in [6.07, 6.45) is 40.5. The molecule has 0 fully saturated rings. The molecule has 0 aromatic heterocycles. The van der Waals surface area contributed by atoms with Gasteiger partial charge in [0.15, 0.2) is 6.10 Å². The Labute approximate surface area is 303 Å².